The molecule has 1 heterocycles. The van der Waals surface area contributed by atoms with Crippen LogP contribution >= 0.6 is 0 Å². The number of aliphatic hydroxyl groups is 6. The van der Waals surface area contributed by atoms with Crippen molar-refractivity contribution in [2.24, 2.45) is 0 Å². The Balaban J connectivity index is 2.63. The van der Waals surface area contributed by atoms with Gasteiger partial charge < -0.3 is 35.4 Å². The highest BCUT2D eigenvalue weighted by atomic mass is 16.8. The van der Waals surface area contributed by atoms with Gasteiger partial charge in [-0.15, -0.1) is 0 Å². The summed E-state index contributed by atoms with van der Waals surface area (Å²) in [4.78, 5) is 0. The van der Waals surface area contributed by atoms with Crippen LogP contribution in [-0.2, 0) is 4.74 Å². The van der Waals surface area contributed by atoms with E-state index >= 15 is 0 Å². The third-order valence-corrected chi connectivity index (χ3v) is 2.28. The molecule has 0 saturated carbocycles. The van der Waals surface area contributed by atoms with Crippen LogP contribution in [0.2, 0.25) is 0 Å². The van der Waals surface area contributed by atoms with Gasteiger partial charge in [-0.05, 0) is 6.92 Å². The first-order valence-corrected chi connectivity index (χ1v) is 4.06. The van der Waals surface area contributed by atoms with E-state index < -0.39 is 36.5 Å². The van der Waals surface area contributed by atoms with Crippen LogP contribution in [0.1, 0.15) is 6.92 Å². The van der Waals surface area contributed by atoms with Crippen molar-refractivity contribution in [3.63, 3.8) is 0 Å². The molecule has 0 radical (unpaired) electrons. The predicted molar refractivity (Wildman–Crippen MR) is 41.8 cm³/mol. The molecule has 0 bridgehead atoms. The van der Waals surface area contributed by atoms with Gasteiger partial charge in [-0.3, -0.25) is 0 Å². The number of aliphatic hydroxyl groups excluding tert-OH is 4. The molecule has 0 aromatic carbocycles. The Labute approximate surface area is 79.8 Å². The second kappa shape index (κ2) is 3.38. The smallest absolute Gasteiger partial charge is 0.253 e. The highest BCUT2D eigenvalue weighted by molar-refractivity contribution is 5.05. The molecule has 0 aromatic heterocycles. The van der Waals surface area contributed by atoms with Crippen molar-refractivity contribution in [1.29, 1.82) is 0 Å². The van der Waals surface area contributed by atoms with Crippen molar-refractivity contribution in [3.8, 4) is 0 Å². The number of hydrogen-bond donors (Lipinski definition) is 6. The molecule has 14 heavy (non-hydrogen) atoms. The van der Waals surface area contributed by atoms with Crippen LogP contribution < -0.4 is 0 Å². The average Bonchev–Trinajstić information content (AvgIpc) is 2.63. The van der Waals surface area contributed by atoms with Gasteiger partial charge in [0.2, 0.25) is 5.79 Å². The molecule has 6 N–H and O–H groups in total. The topological polar surface area (TPSA) is 134 Å². The maximum atomic E-state index is 9.36. The number of rotatable bonds is 4. The zero-order valence-electron chi connectivity index (χ0n) is 7.53. The van der Waals surface area contributed by atoms with Gasteiger partial charge in [0, 0.05) is 0 Å². The van der Waals surface area contributed by atoms with E-state index in [2.05, 4.69) is 4.74 Å². The SMILES string of the molecule is CC1(O)O[C@]1(O)[C@H](O)[C@H](O)[C@H](O)CO. The van der Waals surface area contributed by atoms with Crippen LogP contribution in [0.25, 0.3) is 0 Å². The van der Waals surface area contributed by atoms with E-state index in [9.17, 15) is 15.3 Å². The summed E-state index contributed by atoms with van der Waals surface area (Å²) in [5, 5.41) is 54.4. The molecule has 7 heteroatoms. The molecule has 0 amide bonds. The van der Waals surface area contributed by atoms with E-state index in [0.29, 0.717) is 0 Å². The lowest BCUT2D eigenvalue weighted by atomic mass is 10.0. The first-order valence-electron chi connectivity index (χ1n) is 4.06. The van der Waals surface area contributed by atoms with Crippen LogP contribution in [-0.4, -0.2) is 67.1 Å². The van der Waals surface area contributed by atoms with Crippen LogP contribution in [0.15, 0.2) is 0 Å². The van der Waals surface area contributed by atoms with Crippen molar-refractivity contribution in [1.82, 2.24) is 0 Å². The molecule has 1 aliphatic heterocycles. The molecular formula is C7H14O7. The monoisotopic (exact) mass is 210 g/mol. The predicted octanol–water partition coefficient (Wildman–Crippen LogP) is -3.51. The summed E-state index contributed by atoms with van der Waals surface area (Å²) in [5.41, 5.74) is 0. The third-order valence-electron chi connectivity index (χ3n) is 2.28. The summed E-state index contributed by atoms with van der Waals surface area (Å²) >= 11 is 0. The average molecular weight is 210 g/mol. The minimum atomic E-state index is -2.30. The van der Waals surface area contributed by atoms with Gasteiger partial charge in [-0.1, -0.05) is 0 Å². The van der Waals surface area contributed by atoms with Gasteiger partial charge >= 0.3 is 0 Å². The number of ether oxygens (including phenoxy) is 1. The van der Waals surface area contributed by atoms with Crippen molar-refractivity contribution >= 4 is 0 Å². The highest BCUT2D eigenvalue weighted by Crippen LogP contribution is 2.46. The molecule has 7 nitrogen and oxygen atoms in total. The van der Waals surface area contributed by atoms with Crippen LogP contribution in [0.5, 0.6) is 0 Å². The molecular weight excluding hydrogens is 196 g/mol. The molecule has 84 valence electrons. The molecule has 0 aliphatic carbocycles. The Kier molecular flexibility index (Phi) is 2.85. The van der Waals surface area contributed by atoms with Crippen LogP contribution in [0.3, 0.4) is 0 Å². The van der Waals surface area contributed by atoms with E-state index in [1.165, 1.54) is 0 Å². The Hall–Kier alpha value is -0.280. The van der Waals surface area contributed by atoms with Crippen LogP contribution in [0.4, 0.5) is 0 Å². The van der Waals surface area contributed by atoms with E-state index in [-0.39, 0.29) is 0 Å². The summed E-state index contributed by atoms with van der Waals surface area (Å²) in [6, 6.07) is 0. The molecule has 0 spiro atoms. The second-order valence-corrected chi connectivity index (χ2v) is 3.47. The quantitative estimate of drug-likeness (QED) is 0.265. The third kappa shape index (κ3) is 1.63. The van der Waals surface area contributed by atoms with Crippen LogP contribution in [0, 0.1) is 0 Å². The summed E-state index contributed by atoms with van der Waals surface area (Å²) in [5.74, 6) is -4.26. The molecule has 1 aliphatic rings. The Bertz CT molecular complexity index is 218. The molecule has 5 atom stereocenters. The van der Waals surface area contributed by atoms with Gasteiger partial charge in [0.05, 0.1) is 6.61 Å². The zero-order valence-corrected chi connectivity index (χ0v) is 7.53. The molecule has 0 aromatic rings. The normalized spacial score (nSPS) is 43.1. The minimum Gasteiger partial charge on any atom is -0.394 e. The van der Waals surface area contributed by atoms with Crippen molar-refractivity contribution < 1.29 is 35.4 Å². The lowest BCUT2D eigenvalue weighted by molar-refractivity contribution is -0.158. The van der Waals surface area contributed by atoms with E-state index in [1.54, 1.807) is 0 Å². The van der Waals surface area contributed by atoms with E-state index in [1.807, 2.05) is 0 Å². The summed E-state index contributed by atoms with van der Waals surface area (Å²) in [7, 11) is 0. The first-order chi connectivity index (χ1) is 6.26. The molecule has 1 rings (SSSR count). The Morgan fingerprint density at radius 1 is 1.21 bits per heavy atom. The molecule has 1 saturated heterocycles. The van der Waals surface area contributed by atoms with Crippen molar-refractivity contribution in [3.05, 3.63) is 0 Å². The largest absolute Gasteiger partial charge is 0.394 e. The maximum absolute atomic E-state index is 9.36. The summed E-state index contributed by atoms with van der Waals surface area (Å²) in [6.45, 7) is 0.310. The lowest BCUT2D eigenvalue weighted by Crippen LogP contribution is -2.50. The van der Waals surface area contributed by atoms with Crippen molar-refractivity contribution in [2.45, 2.75) is 36.8 Å². The van der Waals surface area contributed by atoms with E-state index in [0.717, 1.165) is 6.92 Å². The van der Waals surface area contributed by atoms with Gasteiger partial charge in [-0.25, -0.2) is 0 Å². The molecule has 1 unspecified atom stereocenters. The number of epoxide rings is 1. The highest BCUT2D eigenvalue weighted by Gasteiger charge is 2.72. The van der Waals surface area contributed by atoms with Gasteiger partial charge in [0.15, 0.2) is 0 Å². The summed E-state index contributed by atoms with van der Waals surface area (Å²) in [6.07, 6.45) is -5.33. The summed E-state index contributed by atoms with van der Waals surface area (Å²) < 4.78 is 4.38. The molecule has 1 fully saturated rings. The minimum absolute atomic E-state index is 0.781. The first kappa shape index (κ1) is 11.8. The fourth-order valence-electron chi connectivity index (χ4n) is 1.16. The fraction of sp³-hybridized carbons (Fsp3) is 1.00. The Morgan fingerprint density at radius 2 is 1.64 bits per heavy atom. The second-order valence-electron chi connectivity index (χ2n) is 3.47. The van der Waals surface area contributed by atoms with Gasteiger partial charge in [0.1, 0.15) is 18.3 Å². The maximum Gasteiger partial charge on any atom is 0.253 e. The van der Waals surface area contributed by atoms with Crippen molar-refractivity contribution in [2.75, 3.05) is 6.61 Å². The van der Waals surface area contributed by atoms with E-state index in [4.69, 9.17) is 15.3 Å². The van der Waals surface area contributed by atoms with Gasteiger partial charge in [0.25, 0.3) is 5.79 Å². The Morgan fingerprint density at radius 3 is 1.93 bits per heavy atom. The number of hydrogen-bond acceptors (Lipinski definition) is 7. The lowest BCUT2D eigenvalue weighted by Gasteiger charge is -2.23. The fourth-order valence-corrected chi connectivity index (χ4v) is 1.16. The van der Waals surface area contributed by atoms with Gasteiger partial charge in [-0.2, -0.15) is 0 Å². The standard InChI is InChI=1S/C7H14O7/c1-6(12)7(13,14-6)5(11)4(10)3(9)2-8/h3-5,8-13H,2H2,1H3/t3-,4-,5-,6?,7-/m1/s1. The zero-order chi connectivity index (χ0) is 11.1.